The van der Waals surface area contributed by atoms with Gasteiger partial charge in [-0.1, -0.05) is 12.5 Å². The molecule has 0 aliphatic carbocycles. The number of benzene rings is 1. The standard InChI is InChI=1S/C16H25NO2/c1-16(2,17)9-4-3-6-13-7-8-14-15(12-13)19-11-5-10-18-14/h7-8,12H,3-6,9-11,17H2,1-2H3. The summed E-state index contributed by atoms with van der Waals surface area (Å²) in [6, 6.07) is 6.29. The Hall–Kier alpha value is -1.22. The fraction of sp³-hybridized carbons (Fsp3) is 0.625. The molecule has 3 heteroatoms. The van der Waals surface area contributed by atoms with Crippen molar-refractivity contribution >= 4 is 0 Å². The molecule has 1 aliphatic rings. The Morgan fingerprint density at radius 2 is 1.84 bits per heavy atom. The van der Waals surface area contributed by atoms with Gasteiger partial charge in [-0.05, 0) is 50.8 Å². The molecule has 1 aliphatic heterocycles. The van der Waals surface area contributed by atoms with E-state index >= 15 is 0 Å². The molecule has 1 heterocycles. The van der Waals surface area contributed by atoms with Crippen LogP contribution in [0.5, 0.6) is 11.5 Å². The summed E-state index contributed by atoms with van der Waals surface area (Å²) in [6.45, 7) is 5.66. The quantitative estimate of drug-likeness (QED) is 0.829. The molecule has 0 saturated carbocycles. The second-order valence-electron chi connectivity index (χ2n) is 6.03. The zero-order chi connectivity index (χ0) is 13.7. The number of aryl methyl sites for hydroxylation is 1. The summed E-state index contributed by atoms with van der Waals surface area (Å²) >= 11 is 0. The number of unbranched alkanes of at least 4 members (excludes halogenated alkanes) is 1. The van der Waals surface area contributed by atoms with E-state index < -0.39 is 0 Å². The third-order valence-electron chi connectivity index (χ3n) is 3.35. The molecule has 2 rings (SSSR count). The first kappa shape index (κ1) is 14.2. The Kier molecular flexibility index (Phi) is 4.70. The van der Waals surface area contributed by atoms with Gasteiger partial charge in [-0.3, -0.25) is 0 Å². The van der Waals surface area contributed by atoms with Crippen molar-refractivity contribution in [3.05, 3.63) is 23.8 Å². The summed E-state index contributed by atoms with van der Waals surface area (Å²) in [5, 5.41) is 0. The molecule has 0 fully saturated rings. The molecule has 0 atom stereocenters. The number of nitrogens with two attached hydrogens (primary N) is 1. The first-order valence-corrected chi connectivity index (χ1v) is 7.22. The molecule has 0 radical (unpaired) electrons. The van der Waals surface area contributed by atoms with E-state index in [1.54, 1.807) is 0 Å². The Balaban J connectivity index is 1.86. The van der Waals surface area contributed by atoms with Crippen LogP contribution in [0.25, 0.3) is 0 Å². The van der Waals surface area contributed by atoms with Gasteiger partial charge in [0.05, 0.1) is 13.2 Å². The van der Waals surface area contributed by atoms with Crippen LogP contribution in [0.1, 0.15) is 45.1 Å². The SMILES string of the molecule is CC(C)(N)CCCCc1ccc2c(c1)OCCCO2. The van der Waals surface area contributed by atoms with Gasteiger partial charge in [-0.25, -0.2) is 0 Å². The van der Waals surface area contributed by atoms with Crippen molar-refractivity contribution in [2.45, 2.75) is 51.5 Å². The minimum atomic E-state index is -0.0509. The van der Waals surface area contributed by atoms with E-state index in [9.17, 15) is 0 Å². The second-order valence-corrected chi connectivity index (χ2v) is 6.03. The maximum atomic E-state index is 5.99. The topological polar surface area (TPSA) is 44.5 Å². The van der Waals surface area contributed by atoms with Gasteiger partial charge in [0, 0.05) is 12.0 Å². The number of rotatable bonds is 5. The van der Waals surface area contributed by atoms with E-state index in [2.05, 4.69) is 26.0 Å². The molecule has 1 aromatic carbocycles. The van der Waals surface area contributed by atoms with Gasteiger partial charge in [-0.15, -0.1) is 0 Å². The van der Waals surface area contributed by atoms with Crippen molar-refractivity contribution in [3.63, 3.8) is 0 Å². The van der Waals surface area contributed by atoms with Crippen molar-refractivity contribution in [1.29, 1.82) is 0 Å². The van der Waals surface area contributed by atoms with Crippen LogP contribution in [0.2, 0.25) is 0 Å². The molecule has 106 valence electrons. The first-order chi connectivity index (χ1) is 9.04. The molecule has 2 N–H and O–H groups in total. The van der Waals surface area contributed by atoms with Crippen molar-refractivity contribution in [2.75, 3.05) is 13.2 Å². The van der Waals surface area contributed by atoms with Gasteiger partial charge in [0.25, 0.3) is 0 Å². The molecular formula is C16H25NO2. The van der Waals surface area contributed by atoms with E-state index in [1.165, 1.54) is 12.0 Å². The average molecular weight is 263 g/mol. The maximum absolute atomic E-state index is 5.99. The fourth-order valence-electron chi connectivity index (χ4n) is 2.27. The van der Waals surface area contributed by atoms with E-state index in [0.717, 1.165) is 50.4 Å². The van der Waals surface area contributed by atoms with Crippen LogP contribution in [0.15, 0.2) is 18.2 Å². The van der Waals surface area contributed by atoms with Crippen molar-refractivity contribution in [1.82, 2.24) is 0 Å². The van der Waals surface area contributed by atoms with E-state index in [4.69, 9.17) is 15.2 Å². The van der Waals surface area contributed by atoms with Crippen LogP contribution in [-0.4, -0.2) is 18.8 Å². The molecule has 3 nitrogen and oxygen atoms in total. The van der Waals surface area contributed by atoms with Crippen LogP contribution in [0.4, 0.5) is 0 Å². The Morgan fingerprint density at radius 1 is 1.11 bits per heavy atom. The zero-order valence-corrected chi connectivity index (χ0v) is 12.1. The van der Waals surface area contributed by atoms with Gasteiger partial charge >= 0.3 is 0 Å². The number of hydrogen-bond acceptors (Lipinski definition) is 3. The van der Waals surface area contributed by atoms with Crippen LogP contribution >= 0.6 is 0 Å². The summed E-state index contributed by atoms with van der Waals surface area (Å²) < 4.78 is 11.3. The van der Waals surface area contributed by atoms with Gasteiger partial charge in [0.15, 0.2) is 11.5 Å². The predicted octanol–water partition coefficient (Wildman–Crippen LogP) is 3.30. The normalized spacial score (nSPS) is 15.1. The van der Waals surface area contributed by atoms with E-state index in [0.29, 0.717) is 0 Å². The lowest BCUT2D eigenvalue weighted by Gasteiger charge is -2.17. The Morgan fingerprint density at radius 3 is 2.58 bits per heavy atom. The molecule has 0 spiro atoms. The first-order valence-electron chi connectivity index (χ1n) is 7.22. The maximum Gasteiger partial charge on any atom is 0.161 e. The average Bonchev–Trinajstić information content (AvgIpc) is 2.58. The fourth-order valence-corrected chi connectivity index (χ4v) is 2.27. The highest BCUT2D eigenvalue weighted by molar-refractivity contribution is 5.43. The highest BCUT2D eigenvalue weighted by Gasteiger charge is 2.12. The summed E-state index contributed by atoms with van der Waals surface area (Å²) in [7, 11) is 0. The number of ether oxygens (including phenoxy) is 2. The summed E-state index contributed by atoms with van der Waals surface area (Å²) in [4.78, 5) is 0. The minimum Gasteiger partial charge on any atom is -0.490 e. The lowest BCUT2D eigenvalue weighted by Crippen LogP contribution is -2.31. The van der Waals surface area contributed by atoms with Crippen molar-refractivity contribution < 1.29 is 9.47 Å². The second kappa shape index (κ2) is 6.29. The highest BCUT2D eigenvalue weighted by atomic mass is 16.5. The molecule has 19 heavy (non-hydrogen) atoms. The molecule has 0 saturated heterocycles. The largest absolute Gasteiger partial charge is 0.490 e. The Bertz CT molecular complexity index is 410. The zero-order valence-electron chi connectivity index (χ0n) is 12.1. The smallest absolute Gasteiger partial charge is 0.161 e. The Labute approximate surface area is 116 Å². The monoisotopic (exact) mass is 263 g/mol. The third-order valence-corrected chi connectivity index (χ3v) is 3.35. The predicted molar refractivity (Wildman–Crippen MR) is 77.9 cm³/mol. The molecule has 0 bridgehead atoms. The van der Waals surface area contributed by atoms with Crippen molar-refractivity contribution in [2.24, 2.45) is 5.73 Å². The van der Waals surface area contributed by atoms with Crippen molar-refractivity contribution in [3.8, 4) is 11.5 Å². The van der Waals surface area contributed by atoms with E-state index in [-0.39, 0.29) is 5.54 Å². The van der Waals surface area contributed by atoms with Crippen LogP contribution in [0, 0.1) is 0 Å². The lowest BCUT2D eigenvalue weighted by atomic mass is 9.97. The van der Waals surface area contributed by atoms with Crippen LogP contribution in [0.3, 0.4) is 0 Å². The molecule has 0 unspecified atom stereocenters. The molecular weight excluding hydrogens is 238 g/mol. The third kappa shape index (κ3) is 4.75. The number of fused-ring (bicyclic) bond motifs is 1. The summed E-state index contributed by atoms with van der Waals surface area (Å²) in [5.74, 6) is 1.78. The minimum absolute atomic E-state index is 0.0509. The summed E-state index contributed by atoms with van der Waals surface area (Å²) in [5.41, 5.74) is 7.25. The summed E-state index contributed by atoms with van der Waals surface area (Å²) in [6.07, 6.45) is 5.43. The van der Waals surface area contributed by atoms with Gasteiger partial charge < -0.3 is 15.2 Å². The van der Waals surface area contributed by atoms with Crippen LogP contribution in [-0.2, 0) is 6.42 Å². The lowest BCUT2D eigenvalue weighted by molar-refractivity contribution is 0.297. The van der Waals surface area contributed by atoms with Gasteiger partial charge in [0.1, 0.15) is 0 Å². The molecule has 0 amide bonds. The highest BCUT2D eigenvalue weighted by Crippen LogP contribution is 2.30. The molecule has 0 aromatic heterocycles. The van der Waals surface area contributed by atoms with Gasteiger partial charge in [-0.2, -0.15) is 0 Å². The van der Waals surface area contributed by atoms with Gasteiger partial charge in [0.2, 0.25) is 0 Å². The molecule has 1 aromatic rings. The van der Waals surface area contributed by atoms with Crippen LogP contribution < -0.4 is 15.2 Å². The number of hydrogen-bond donors (Lipinski definition) is 1. The van der Waals surface area contributed by atoms with E-state index in [1.807, 2.05) is 6.07 Å².